The summed E-state index contributed by atoms with van der Waals surface area (Å²) in [5.74, 6) is 0. The predicted molar refractivity (Wildman–Crippen MR) is 78.3 cm³/mol. The van der Waals surface area contributed by atoms with E-state index < -0.39 is 0 Å². The molecule has 1 heterocycles. The van der Waals surface area contributed by atoms with Crippen LogP contribution in [0.1, 0.15) is 18.9 Å². The van der Waals surface area contributed by atoms with Gasteiger partial charge in [0.25, 0.3) is 5.69 Å². The van der Waals surface area contributed by atoms with Gasteiger partial charge in [0.05, 0.1) is 4.92 Å². The van der Waals surface area contributed by atoms with Crippen molar-refractivity contribution in [3.05, 3.63) is 58.4 Å². The number of nitro groups is 1. The standard InChI is InChI=1S/C15H17N3O2/c1-2-6-16-9-12-7-14(11-17-10-12)13-4-3-5-15(8-13)18(19)20/h3-5,7-8,10-11,16H,2,6,9H2,1H3. The first kappa shape index (κ1) is 14.1. The first-order chi connectivity index (χ1) is 9.70. The molecule has 0 aliphatic heterocycles. The zero-order valence-corrected chi connectivity index (χ0v) is 11.4. The zero-order chi connectivity index (χ0) is 14.4. The lowest BCUT2D eigenvalue weighted by Crippen LogP contribution is -2.13. The molecular formula is C15H17N3O2. The van der Waals surface area contributed by atoms with E-state index in [2.05, 4.69) is 17.2 Å². The first-order valence-corrected chi connectivity index (χ1v) is 6.60. The van der Waals surface area contributed by atoms with Crippen LogP contribution < -0.4 is 5.32 Å². The molecule has 0 bridgehead atoms. The Morgan fingerprint density at radius 2 is 2.10 bits per heavy atom. The summed E-state index contributed by atoms with van der Waals surface area (Å²) in [6, 6.07) is 8.61. The molecule has 20 heavy (non-hydrogen) atoms. The Kier molecular flexibility index (Phi) is 4.79. The number of nitrogens with one attached hydrogen (secondary N) is 1. The molecular weight excluding hydrogens is 254 g/mol. The minimum atomic E-state index is -0.385. The highest BCUT2D eigenvalue weighted by Gasteiger charge is 2.07. The van der Waals surface area contributed by atoms with Crippen LogP contribution in [-0.4, -0.2) is 16.5 Å². The molecule has 2 aromatic rings. The molecule has 0 fully saturated rings. The Bertz CT molecular complexity index is 599. The van der Waals surface area contributed by atoms with E-state index in [1.54, 1.807) is 18.3 Å². The van der Waals surface area contributed by atoms with Crippen LogP contribution in [0, 0.1) is 10.1 Å². The molecule has 0 amide bonds. The van der Waals surface area contributed by atoms with E-state index in [1.807, 2.05) is 18.3 Å². The number of rotatable bonds is 6. The molecule has 1 aromatic heterocycles. The summed E-state index contributed by atoms with van der Waals surface area (Å²) < 4.78 is 0. The SMILES string of the molecule is CCCNCc1cncc(-c2cccc([N+](=O)[O-])c2)c1. The van der Waals surface area contributed by atoms with E-state index >= 15 is 0 Å². The van der Waals surface area contributed by atoms with E-state index in [1.165, 1.54) is 6.07 Å². The van der Waals surface area contributed by atoms with E-state index in [-0.39, 0.29) is 10.6 Å². The summed E-state index contributed by atoms with van der Waals surface area (Å²) in [7, 11) is 0. The monoisotopic (exact) mass is 271 g/mol. The quantitative estimate of drug-likeness (QED) is 0.498. The number of hydrogen-bond donors (Lipinski definition) is 1. The molecule has 0 saturated heterocycles. The molecule has 1 N–H and O–H groups in total. The average molecular weight is 271 g/mol. The average Bonchev–Trinajstić information content (AvgIpc) is 2.48. The van der Waals surface area contributed by atoms with Crippen molar-refractivity contribution in [2.45, 2.75) is 19.9 Å². The Morgan fingerprint density at radius 3 is 2.85 bits per heavy atom. The maximum atomic E-state index is 10.8. The van der Waals surface area contributed by atoms with Gasteiger partial charge < -0.3 is 5.32 Å². The number of benzene rings is 1. The minimum Gasteiger partial charge on any atom is -0.313 e. The first-order valence-electron chi connectivity index (χ1n) is 6.60. The lowest BCUT2D eigenvalue weighted by molar-refractivity contribution is -0.384. The highest BCUT2D eigenvalue weighted by Crippen LogP contribution is 2.23. The van der Waals surface area contributed by atoms with E-state index in [4.69, 9.17) is 0 Å². The summed E-state index contributed by atoms with van der Waals surface area (Å²) in [6.45, 7) is 3.83. The number of nitrogens with zero attached hydrogens (tertiary/aromatic N) is 2. The Hall–Kier alpha value is -2.27. The van der Waals surface area contributed by atoms with E-state index in [0.717, 1.165) is 36.2 Å². The number of non-ortho nitro benzene ring substituents is 1. The van der Waals surface area contributed by atoms with Gasteiger partial charge in [-0.15, -0.1) is 0 Å². The van der Waals surface area contributed by atoms with Gasteiger partial charge >= 0.3 is 0 Å². The summed E-state index contributed by atoms with van der Waals surface area (Å²) in [5.41, 5.74) is 2.87. The third-order valence-corrected chi connectivity index (χ3v) is 2.94. The third kappa shape index (κ3) is 3.61. The molecule has 0 saturated carbocycles. The van der Waals surface area contributed by atoms with Crippen molar-refractivity contribution in [1.29, 1.82) is 0 Å². The van der Waals surface area contributed by atoms with Crippen molar-refractivity contribution < 1.29 is 4.92 Å². The lowest BCUT2D eigenvalue weighted by Gasteiger charge is -2.06. The van der Waals surface area contributed by atoms with Gasteiger partial charge in [-0.2, -0.15) is 0 Å². The van der Waals surface area contributed by atoms with Crippen LogP contribution >= 0.6 is 0 Å². The molecule has 0 atom stereocenters. The molecule has 0 aliphatic rings. The molecule has 5 nitrogen and oxygen atoms in total. The highest BCUT2D eigenvalue weighted by atomic mass is 16.6. The molecule has 0 unspecified atom stereocenters. The zero-order valence-electron chi connectivity index (χ0n) is 11.4. The second-order valence-corrected chi connectivity index (χ2v) is 4.57. The Morgan fingerprint density at radius 1 is 1.25 bits per heavy atom. The number of hydrogen-bond acceptors (Lipinski definition) is 4. The van der Waals surface area contributed by atoms with Gasteiger partial charge in [0, 0.05) is 36.6 Å². The van der Waals surface area contributed by atoms with Gasteiger partial charge in [0.1, 0.15) is 0 Å². The summed E-state index contributed by atoms with van der Waals surface area (Å²) in [5, 5.41) is 14.1. The van der Waals surface area contributed by atoms with Crippen LogP contribution in [0.2, 0.25) is 0 Å². The largest absolute Gasteiger partial charge is 0.313 e. The second-order valence-electron chi connectivity index (χ2n) is 4.57. The maximum absolute atomic E-state index is 10.8. The number of nitro benzene ring substituents is 1. The van der Waals surface area contributed by atoms with Gasteiger partial charge in [0.15, 0.2) is 0 Å². The molecule has 5 heteroatoms. The fourth-order valence-electron chi connectivity index (χ4n) is 1.95. The van der Waals surface area contributed by atoms with Gasteiger partial charge in [0.2, 0.25) is 0 Å². The topological polar surface area (TPSA) is 68.1 Å². The molecule has 104 valence electrons. The van der Waals surface area contributed by atoms with Crippen molar-refractivity contribution in [2.24, 2.45) is 0 Å². The molecule has 0 radical (unpaired) electrons. The smallest absolute Gasteiger partial charge is 0.270 e. The predicted octanol–water partition coefficient (Wildman–Crippen LogP) is 3.16. The highest BCUT2D eigenvalue weighted by molar-refractivity contribution is 5.65. The van der Waals surface area contributed by atoms with Crippen molar-refractivity contribution in [2.75, 3.05) is 6.54 Å². The van der Waals surface area contributed by atoms with E-state index in [0.29, 0.717) is 0 Å². The summed E-state index contributed by atoms with van der Waals surface area (Å²) in [6.07, 6.45) is 4.61. The van der Waals surface area contributed by atoms with Crippen molar-refractivity contribution >= 4 is 5.69 Å². The summed E-state index contributed by atoms with van der Waals surface area (Å²) in [4.78, 5) is 14.6. The van der Waals surface area contributed by atoms with Gasteiger partial charge in [-0.1, -0.05) is 19.1 Å². The fourth-order valence-corrected chi connectivity index (χ4v) is 1.95. The van der Waals surface area contributed by atoms with Crippen molar-refractivity contribution in [3.8, 4) is 11.1 Å². The van der Waals surface area contributed by atoms with Gasteiger partial charge in [-0.3, -0.25) is 15.1 Å². The van der Waals surface area contributed by atoms with Crippen LogP contribution in [-0.2, 0) is 6.54 Å². The maximum Gasteiger partial charge on any atom is 0.270 e. The molecule has 0 spiro atoms. The van der Waals surface area contributed by atoms with Crippen LogP contribution in [0.25, 0.3) is 11.1 Å². The van der Waals surface area contributed by atoms with Crippen LogP contribution in [0.4, 0.5) is 5.69 Å². The van der Waals surface area contributed by atoms with Crippen molar-refractivity contribution in [1.82, 2.24) is 10.3 Å². The molecule has 0 aliphatic carbocycles. The number of pyridine rings is 1. The Balaban J connectivity index is 2.22. The Labute approximate surface area is 117 Å². The van der Waals surface area contributed by atoms with Gasteiger partial charge in [-0.25, -0.2) is 0 Å². The minimum absolute atomic E-state index is 0.0945. The molecule has 1 aromatic carbocycles. The lowest BCUT2D eigenvalue weighted by atomic mass is 10.1. The third-order valence-electron chi connectivity index (χ3n) is 2.94. The van der Waals surface area contributed by atoms with Gasteiger partial charge in [-0.05, 0) is 30.2 Å². The van der Waals surface area contributed by atoms with Crippen molar-refractivity contribution in [3.63, 3.8) is 0 Å². The van der Waals surface area contributed by atoms with Crippen LogP contribution in [0.3, 0.4) is 0 Å². The molecule has 2 rings (SSSR count). The van der Waals surface area contributed by atoms with Crippen LogP contribution in [0.15, 0.2) is 42.7 Å². The normalized spacial score (nSPS) is 10.4. The summed E-state index contributed by atoms with van der Waals surface area (Å²) >= 11 is 0. The number of aromatic nitrogens is 1. The van der Waals surface area contributed by atoms with Crippen LogP contribution in [0.5, 0.6) is 0 Å². The fraction of sp³-hybridized carbons (Fsp3) is 0.267. The van der Waals surface area contributed by atoms with E-state index in [9.17, 15) is 10.1 Å². The second kappa shape index (κ2) is 6.77.